The number of carbonyl (C=O) groups excluding carboxylic acids is 3. The third-order valence-electron chi connectivity index (χ3n) is 4.37. The van der Waals surface area contributed by atoms with Gasteiger partial charge in [-0.1, -0.05) is 0 Å². The summed E-state index contributed by atoms with van der Waals surface area (Å²) in [4.78, 5) is 49.0. The van der Waals surface area contributed by atoms with Crippen LogP contribution in [0.1, 0.15) is 18.7 Å². The number of aromatic nitrogens is 2. The molecule has 3 heterocycles. The van der Waals surface area contributed by atoms with E-state index in [1.165, 1.54) is 0 Å². The molecule has 9 heteroatoms. The van der Waals surface area contributed by atoms with Crippen LogP contribution in [0.15, 0.2) is 12.3 Å². The lowest BCUT2D eigenvalue weighted by atomic mass is 10.3. The van der Waals surface area contributed by atoms with Gasteiger partial charge in [0.2, 0.25) is 17.7 Å². The summed E-state index contributed by atoms with van der Waals surface area (Å²) in [5, 5.41) is 0. The summed E-state index contributed by atoms with van der Waals surface area (Å²) in [6, 6.07) is 1.83. The Hall–Kier alpha value is -2.55. The van der Waals surface area contributed by atoms with Gasteiger partial charge in [-0.3, -0.25) is 19.3 Å². The van der Waals surface area contributed by atoms with Gasteiger partial charge < -0.3 is 14.5 Å². The number of nitrogens with zero attached hydrogens (tertiary/aromatic N) is 5. The summed E-state index contributed by atoms with van der Waals surface area (Å²) in [6.45, 7) is 2.53. The molecule has 1 aromatic rings. The van der Waals surface area contributed by atoms with Crippen molar-refractivity contribution in [3.63, 3.8) is 0 Å². The van der Waals surface area contributed by atoms with Crippen LogP contribution in [0.5, 0.6) is 0 Å². The third-order valence-corrected chi connectivity index (χ3v) is 4.37. The molecular formula is C16H21N5O4. The highest BCUT2D eigenvalue weighted by atomic mass is 16.5. The molecule has 2 fully saturated rings. The van der Waals surface area contributed by atoms with Crippen molar-refractivity contribution in [2.45, 2.75) is 19.4 Å². The van der Waals surface area contributed by atoms with E-state index >= 15 is 0 Å². The maximum atomic E-state index is 12.3. The third kappa shape index (κ3) is 3.93. The van der Waals surface area contributed by atoms with Gasteiger partial charge in [0.1, 0.15) is 19.0 Å². The minimum Gasteiger partial charge on any atom is -0.377 e. The average molecular weight is 347 g/mol. The van der Waals surface area contributed by atoms with E-state index in [9.17, 15) is 14.4 Å². The molecule has 0 aliphatic carbocycles. The molecule has 3 rings (SSSR count). The molecular weight excluding hydrogens is 326 g/mol. The fourth-order valence-electron chi connectivity index (χ4n) is 2.98. The zero-order valence-corrected chi connectivity index (χ0v) is 14.2. The van der Waals surface area contributed by atoms with Crippen LogP contribution in [-0.2, 0) is 25.7 Å². The van der Waals surface area contributed by atoms with Gasteiger partial charge in [0.15, 0.2) is 5.82 Å². The Kier molecular flexibility index (Phi) is 5.22. The van der Waals surface area contributed by atoms with Crippen LogP contribution in [0.4, 0.5) is 5.82 Å². The average Bonchev–Trinajstić information content (AvgIpc) is 2.94. The van der Waals surface area contributed by atoms with Crippen molar-refractivity contribution in [3.05, 3.63) is 18.1 Å². The summed E-state index contributed by atoms with van der Waals surface area (Å²) in [5.41, 5.74) is 0. The zero-order valence-electron chi connectivity index (χ0n) is 14.2. The number of amides is 3. The molecule has 25 heavy (non-hydrogen) atoms. The highest BCUT2D eigenvalue weighted by Gasteiger charge is 2.32. The number of ether oxygens (including phenoxy) is 1. The monoisotopic (exact) mass is 347 g/mol. The number of hydrogen-bond donors (Lipinski definition) is 0. The summed E-state index contributed by atoms with van der Waals surface area (Å²) < 4.78 is 5.04. The van der Waals surface area contributed by atoms with Crippen LogP contribution in [0.2, 0.25) is 0 Å². The molecule has 1 aromatic heterocycles. The topological polar surface area (TPSA) is 95.9 Å². The number of hydrogen-bond acceptors (Lipinski definition) is 7. The van der Waals surface area contributed by atoms with Gasteiger partial charge in [0.05, 0.1) is 0 Å². The number of piperazine rings is 1. The van der Waals surface area contributed by atoms with Gasteiger partial charge in [0.25, 0.3) is 0 Å². The first kappa shape index (κ1) is 17.3. The van der Waals surface area contributed by atoms with E-state index in [0.29, 0.717) is 38.6 Å². The Balaban J connectivity index is 1.54. The second-order valence-corrected chi connectivity index (χ2v) is 6.01. The van der Waals surface area contributed by atoms with E-state index in [4.69, 9.17) is 4.74 Å². The fourth-order valence-corrected chi connectivity index (χ4v) is 2.98. The van der Waals surface area contributed by atoms with Gasteiger partial charge in [-0.2, -0.15) is 0 Å². The fraction of sp³-hybridized carbons (Fsp3) is 0.562. The molecule has 0 bridgehead atoms. The van der Waals surface area contributed by atoms with E-state index in [2.05, 4.69) is 14.9 Å². The Morgan fingerprint density at radius 2 is 1.84 bits per heavy atom. The second kappa shape index (κ2) is 7.56. The summed E-state index contributed by atoms with van der Waals surface area (Å²) >= 11 is 0. The Labute approximate surface area is 145 Å². The first-order valence-corrected chi connectivity index (χ1v) is 8.25. The largest absolute Gasteiger partial charge is 0.377 e. The number of carbonyl (C=O) groups is 3. The van der Waals surface area contributed by atoms with Crippen LogP contribution in [-0.4, -0.2) is 77.3 Å². The lowest BCUT2D eigenvalue weighted by molar-refractivity contribution is -0.145. The SMILES string of the molecule is COCc1nccc(N2CCN(C(=O)CN3C(=O)CCC3=O)CC2)n1. The molecule has 2 saturated heterocycles. The molecule has 0 spiro atoms. The van der Waals surface area contributed by atoms with Crippen LogP contribution >= 0.6 is 0 Å². The maximum absolute atomic E-state index is 12.3. The van der Waals surface area contributed by atoms with Crippen molar-refractivity contribution in [2.75, 3.05) is 44.7 Å². The van der Waals surface area contributed by atoms with Crippen LogP contribution in [0, 0.1) is 0 Å². The van der Waals surface area contributed by atoms with Crippen molar-refractivity contribution < 1.29 is 19.1 Å². The minimum absolute atomic E-state index is 0.150. The molecule has 2 aliphatic rings. The van der Waals surface area contributed by atoms with Gasteiger partial charge >= 0.3 is 0 Å². The lowest BCUT2D eigenvalue weighted by Crippen LogP contribution is -2.52. The van der Waals surface area contributed by atoms with E-state index in [-0.39, 0.29) is 37.1 Å². The molecule has 0 unspecified atom stereocenters. The molecule has 0 radical (unpaired) electrons. The summed E-state index contributed by atoms with van der Waals surface area (Å²) in [5.74, 6) is 0.710. The molecule has 0 saturated carbocycles. The zero-order chi connectivity index (χ0) is 17.8. The number of anilines is 1. The minimum atomic E-state index is -0.261. The maximum Gasteiger partial charge on any atom is 0.242 e. The number of likely N-dealkylation sites (tertiary alicyclic amines) is 1. The summed E-state index contributed by atoms with van der Waals surface area (Å²) in [7, 11) is 1.59. The van der Waals surface area contributed by atoms with Crippen LogP contribution in [0.3, 0.4) is 0 Å². The van der Waals surface area contributed by atoms with Crippen molar-refractivity contribution in [1.82, 2.24) is 19.8 Å². The molecule has 0 atom stereocenters. The number of methoxy groups -OCH3 is 1. The highest BCUT2D eigenvalue weighted by molar-refractivity contribution is 6.04. The van der Waals surface area contributed by atoms with Crippen LogP contribution < -0.4 is 4.90 Å². The first-order valence-electron chi connectivity index (χ1n) is 8.25. The smallest absolute Gasteiger partial charge is 0.242 e. The van der Waals surface area contributed by atoms with Crippen LogP contribution in [0.25, 0.3) is 0 Å². The molecule has 134 valence electrons. The quantitative estimate of drug-likeness (QED) is 0.658. The Morgan fingerprint density at radius 3 is 2.48 bits per heavy atom. The normalized spacial score (nSPS) is 18.2. The van der Waals surface area contributed by atoms with Gasteiger partial charge in [-0.15, -0.1) is 0 Å². The predicted molar refractivity (Wildman–Crippen MR) is 87.5 cm³/mol. The number of imide groups is 1. The Morgan fingerprint density at radius 1 is 1.16 bits per heavy atom. The Bertz CT molecular complexity index is 656. The van der Waals surface area contributed by atoms with E-state index in [0.717, 1.165) is 10.7 Å². The standard InChI is InChI=1S/C16H21N5O4/c1-25-11-12-17-5-4-13(18-12)19-6-8-20(9-7-19)16(24)10-21-14(22)2-3-15(21)23/h4-5H,2-3,6-11H2,1H3. The van der Waals surface area contributed by atoms with Crippen molar-refractivity contribution in [1.29, 1.82) is 0 Å². The molecule has 2 aliphatic heterocycles. The van der Waals surface area contributed by atoms with Gasteiger partial charge in [-0.05, 0) is 6.07 Å². The predicted octanol–water partition coefficient (Wildman–Crippen LogP) is -0.579. The number of rotatable bonds is 5. The van der Waals surface area contributed by atoms with Crippen molar-refractivity contribution >= 4 is 23.5 Å². The molecule has 3 amide bonds. The first-order chi connectivity index (χ1) is 12.1. The van der Waals surface area contributed by atoms with E-state index in [1.54, 1.807) is 18.2 Å². The van der Waals surface area contributed by atoms with Gasteiger partial charge in [0, 0.05) is 52.3 Å². The molecule has 9 nitrogen and oxygen atoms in total. The lowest BCUT2D eigenvalue weighted by Gasteiger charge is -2.36. The highest BCUT2D eigenvalue weighted by Crippen LogP contribution is 2.15. The second-order valence-electron chi connectivity index (χ2n) is 6.01. The van der Waals surface area contributed by atoms with Crippen molar-refractivity contribution in [3.8, 4) is 0 Å². The summed E-state index contributed by atoms with van der Waals surface area (Å²) in [6.07, 6.45) is 2.10. The van der Waals surface area contributed by atoms with Gasteiger partial charge in [-0.25, -0.2) is 9.97 Å². The molecule has 0 aromatic carbocycles. The van der Waals surface area contributed by atoms with Crippen molar-refractivity contribution in [2.24, 2.45) is 0 Å². The van der Waals surface area contributed by atoms with E-state index in [1.807, 2.05) is 6.07 Å². The van der Waals surface area contributed by atoms with E-state index < -0.39 is 0 Å². The molecule has 0 N–H and O–H groups in total.